The predicted octanol–water partition coefficient (Wildman–Crippen LogP) is 2.25. The molecule has 0 aromatic carbocycles. The molecule has 7 nitrogen and oxygen atoms in total. The first-order chi connectivity index (χ1) is 9.06. The zero-order valence-corrected chi connectivity index (χ0v) is 11.4. The van der Waals surface area contributed by atoms with Crippen LogP contribution in [-0.2, 0) is 6.42 Å². The molecule has 2 aromatic rings. The maximum Gasteiger partial charge on any atom is 0.433 e. The molecule has 2 aromatic heterocycles. The van der Waals surface area contributed by atoms with Gasteiger partial charge in [0.25, 0.3) is 0 Å². The molecule has 0 fully saturated rings. The van der Waals surface area contributed by atoms with Gasteiger partial charge < -0.3 is 9.73 Å². The van der Waals surface area contributed by atoms with Crippen LogP contribution in [0, 0.1) is 10.1 Å². The van der Waals surface area contributed by atoms with E-state index in [1.54, 1.807) is 0 Å². The molecule has 0 aliphatic rings. The molecule has 0 aliphatic heterocycles. The molecule has 2 heterocycles. The average Bonchev–Trinajstić information content (AvgIpc) is 2.95. The van der Waals surface area contributed by atoms with Gasteiger partial charge >= 0.3 is 5.88 Å². The average molecular weight is 282 g/mol. The first-order valence-corrected chi connectivity index (χ1v) is 6.68. The van der Waals surface area contributed by atoms with Crippen LogP contribution >= 0.6 is 11.3 Å². The highest BCUT2D eigenvalue weighted by Crippen LogP contribution is 2.28. The van der Waals surface area contributed by atoms with E-state index in [4.69, 9.17) is 4.42 Å². The van der Waals surface area contributed by atoms with Crippen LogP contribution in [0.1, 0.15) is 18.9 Å². The first kappa shape index (κ1) is 13.6. The third kappa shape index (κ3) is 3.58. The van der Waals surface area contributed by atoms with Gasteiger partial charge in [-0.15, -0.1) is 10.2 Å². The lowest BCUT2D eigenvalue weighted by Crippen LogP contribution is -2.24. The van der Waals surface area contributed by atoms with Crippen molar-refractivity contribution in [2.75, 3.05) is 6.54 Å². The van der Waals surface area contributed by atoms with Gasteiger partial charge in [0.15, 0.2) is 10.8 Å². The Kier molecular flexibility index (Phi) is 4.23. The summed E-state index contributed by atoms with van der Waals surface area (Å²) in [5, 5.41) is 23.3. The Morgan fingerprint density at radius 3 is 2.89 bits per heavy atom. The quantitative estimate of drug-likeness (QED) is 0.645. The van der Waals surface area contributed by atoms with Gasteiger partial charge in [-0.05, 0) is 6.07 Å². The van der Waals surface area contributed by atoms with Crippen molar-refractivity contribution in [2.45, 2.75) is 26.3 Å². The fourth-order valence-electron chi connectivity index (χ4n) is 1.46. The van der Waals surface area contributed by atoms with Gasteiger partial charge in [0.05, 0.1) is 6.07 Å². The van der Waals surface area contributed by atoms with E-state index in [1.165, 1.54) is 23.5 Å². The zero-order chi connectivity index (χ0) is 13.8. The minimum Gasteiger partial charge on any atom is -0.398 e. The van der Waals surface area contributed by atoms with Gasteiger partial charge in [-0.1, -0.05) is 25.2 Å². The third-order valence-corrected chi connectivity index (χ3v) is 3.34. The fraction of sp³-hybridized carbons (Fsp3) is 0.455. The molecule has 0 amide bonds. The topological polar surface area (TPSA) is 94.1 Å². The summed E-state index contributed by atoms with van der Waals surface area (Å²) in [6.45, 7) is 4.98. The lowest BCUT2D eigenvalue weighted by Gasteiger charge is -2.04. The highest BCUT2D eigenvalue weighted by molar-refractivity contribution is 7.14. The highest BCUT2D eigenvalue weighted by Gasteiger charge is 2.16. The lowest BCUT2D eigenvalue weighted by atomic mass is 10.3. The van der Waals surface area contributed by atoms with E-state index in [1.807, 2.05) is 0 Å². The summed E-state index contributed by atoms with van der Waals surface area (Å²) in [5.41, 5.74) is 0. The van der Waals surface area contributed by atoms with Crippen molar-refractivity contribution in [1.82, 2.24) is 15.5 Å². The van der Waals surface area contributed by atoms with Gasteiger partial charge in [0.1, 0.15) is 9.93 Å². The van der Waals surface area contributed by atoms with E-state index >= 15 is 0 Å². The molecule has 0 saturated heterocycles. The van der Waals surface area contributed by atoms with Crippen molar-refractivity contribution >= 4 is 17.2 Å². The Morgan fingerprint density at radius 2 is 2.26 bits per heavy atom. The minimum atomic E-state index is -0.571. The van der Waals surface area contributed by atoms with E-state index in [2.05, 4.69) is 29.4 Å². The van der Waals surface area contributed by atoms with Crippen molar-refractivity contribution in [3.05, 3.63) is 27.3 Å². The van der Waals surface area contributed by atoms with Crippen LogP contribution in [0.2, 0.25) is 0 Å². The molecule has 0 atom stereocenters. The molecule has 0 radical (unpaired) electrons. The largest absolute Gasteiger partial charge is 0.433 e. The van der Waals surface area contributed by atoms with Crippen LogP contribution < -0.4 is 5.32 Å². The van der Waals surface area contributed by atoms with Crippen molar-refractivity contribution in [1.29, 1.82) is 0 Å². The number of rotatable bonds is 6. The number of hydrogen-bond donors (Lipinski definition) is 1. The smallest absolute Gasteiger partial charge is 0.398 e. The summed E-state index contributed by atoms with van der Waals surface area (Å²) in [5.74, 6) is 0.0977. The van der Waals surface area contributed by atoms with Gasteiger partial charge in [-0.2, -0.15) is 0 Å². The number of nitrogens with one attached hydrogen (secondary N) is 1. The van der Waals surface area contributed by atoms with Crippen molar-refractivity contribution < 1.29 is 9.34 Å². The van der Waals surface area contributed by atoms with Crippen LogP contribution in [0.5, 0.6) is 0 Å². The molecule has 2 rings (SSSR count). The van der Waals surface area contributed by atoms with Gasteiger partial charge in [-0.3, -0.25) is 10.1 Å². The summed E-state index contributed by atoms with van der Waals surface area (Å²) in [4.78, 5) is 9.96. The van der Waals surface area contributed by atoms with Crippen molar-refractivity contribution in [2.24, 2.45) is 0 Å². The minimum absolute atomic E-state index is 0.284. The molecule has 102 valence electrons. The second-order valence-corrected chi connectivity index (χ2v) is 5.32. The summed E-state index contributed by atoms with van der Waals surface area (Å²) in [7, 11) is 0. The maximum absolute atomic E-state index is 10.5. The van der Waals surface area contributed by atoms with Crippen LogP contribution in [0.3, 0.4) is 0 Å². The van der Waals surface area contributed by atoms with Crippen LogP contribution in [-0.4, -0.2) is 27.7 Å². The third-order valence-electron chi connectivity index (χ3n) is 2.34. The number of aromatic nitrogens is 2. The molecule has 0 bridgehead atoms. The highest BCUT2D eigenvalue weighted by atomic mass is 32.1. The molecule has 0 spiro atoms. The second kappa shape index (κ2) is 5.89. The van der Waals surface area contributed by atoms with Gasteiger partial charge in [0, 0.05) is 19.0 Å². The van der Waals surface area contributed by atoms with Gasteiger partial charge in [0.2, 0.25) is 0 Å². The number of nitro groups is 1. The molecule has 0 unspecified atom stereocenters. The maximum atomic E-state index is 10.5. The SMILES string of the molecule is CC(C)NCCc1nnc(-c2ccc([N+](=O)[O-])o2)s1. The lowest BCUT2D eigenvalue weighted by molar-refractivity contribution is -0.401. The molecule has 0 aliphatic carbocycles. The van der Waals surface area contributed by atoms with E-state index in [-0.39, 0.29) is 5.88 Å². The zero-order valence-electron chi connectivity index (χ0n) is 10.6. The van der Waals surface area contributed by atoms with Crippen molar-refractivity contribution in [3.63, 3.8) is 0 Å². The molecular formula is C11H14N4O3S. The first-order valence-electron chi connectivity index (χ1n) is 5.86. The molecular weight excluding hydrogens is 268 g/mol. The molecule has 8 heteroatoms. The Morgan fingerprint density at radius 1 is 1.47 bits per heavy atom. The summed E-state index contributed by atoms with van der Waals surface area (Å²) in [6.07, 6.45) is 0.776. The fourth-order valence-corrected chi connectivity index (χ4v) is 2.26. The van der Waals surface area contributed by atoms with E-state index in [0.717, 1.165) is 18.0 Å². The van der Waals surface area contributed by atoms with Crippen LogP contribution in [0.15, 0.2) is 16.5 Å². The predicted molar refractivity (Wildman–Crippen MR) is 71.1 cm³/mol. The van der Waals surface area contributed by atoms with Crippen molar-refractivity contribution in [3.8, 4) is 10.8 Å². The van der Waals surface area contributed by atoms with E-state index in [0.29, 0.717) is 16.8 Å². The Hall–Kier alpha value is -1.80. The van der Waals surface area contributed by atoms with E-state index in [9.17, 15) is 10.1 Å². The normalized spacial score (nSPS) is 11.1. The summed E-state index contributed by atoms with van der Waals surface area (Å²) in [6, 6.07) is 3.28. The van der Waals surface area contributed by atoms with Crippen LogP contribution in [0.4, 0.5) is 5.88 Å². The number of nitrogens with zero attached hydrogens (tertiary/aromatic N) is 3. The molecule has 19 heavy (non-hydrogen) atoms. The van der Waals surface area contributed by atoms with E-state index < -0.39 is 4.92 Å². The number of furan rings is 1. The van der Waals surface area contributed by atoms with Crippen LogP contribution in [0.25, 0.3) is 10.8 Å². The summed E-state index contributed by atoms with van der Waals surface area (Å²) < 4.78 is 5.08. The Labute approximate surface area is 113 Å². The Bertz CT molecular complexity index is 564. The molecule has 0 saturated carbocycles. The number of hydrogen-bond acceptors (Lipinski definition) is 7. The monoisotopic (exact) mass is 282 g/mol. The summed E-state index contributed by atoms with van der Waals surface area (Å²) >= 11 is 1.38. The van der Waals surface area contributed by atoms with Gasteiger partial charge in [-0.25, -0.2) is 0 Å². The Balaban J connectivity index is 2.01. The second-order valence-electron chi connectivity index (χ2n) is 4.25. The standard InChI is InChI=1S/C11H14N4O3S/c1-7(2)12-6-5-9-13-14-11(19-9)8-3-4-10(18-8)15(16)17/h3-4,7,12H,5-6H2,1-2H3. The molecule has 1 N–H and O–H groups in total.